The fourth-order valence-electron chi connectivity index (χ4n) is 2.11. The Morgan fingerprint density at radius 2 is 1.00 bits per heavy atom. The Hall–Kier alpha value is 2.29. The second kappa shape index (κ2) is 7.96. The van der Waals surface area contributed by atoms with E-state index in [1.807, 2.05) is 117 Å². The highest BCUT2D eigenvalue weighted by atomic mass is 32.3. The molecule has 24 heavy (non-hydrogen) atoms. The summed E-state index contributed by atoms with van der Waals surface area (Å²) in [6.07, 6.45) is 0. The molecule has 1 aromatic rings. The van der Waals surface area contributed by atoms with Crippen molar-refractivity contribution in [2.75, 3.05) is 23.0 Å². The summed E-state index contributed by atoms with van der Waals surface area (Å²) in [5.74, 6) is 4.96. The third kappa shape index (κ3) is 3.62. The Balaban J connectivity index is 1.52. The summed E-state index contributed by atoms with van der Waals surface area (Å²) in [5, 5.41) is 0. The predicted octanol–water partition coefficient (Wildman–Crippen LogP) is 6.84. The van der Waals surface area contributed by atoms with Gasteiger partial charge in [-0.3, -0.25) is 0 Å². The van der Waals surface area contributed by atoms with Crippen LogP contribution in [0.4, 0.5) is 0 Å². The van der Waals surface area contributed by atoms with Gasteiger partial charge in [0.1, 0.15) is 7.67 Å². The van der Waals surface area contributed by atoms with Crippen LogP contribution in [0.25, 0.3) is 8.47 Å². The molecule has 4 aliphatic rings. The first-order valence-electron chi connectivity index (χ1n) is 6.87. The van der Waals surface area contributed by atoms with Crippen molar-refractivity contribution >= 4 is 137 Å². The smallest absolute Gasteiger partial charge is 0.110 e. The summed E-state index contributed by atoms with van der Waals surface area (Å²) in [5.41, 5.74) is 0. The molecule has 0 radical (unpaired) electrons. The number of hydrogen-bond donors (Lipinski definition) is 0. The predicted molar refractivity (Wildman–Crippen MR) is 133 cm³/mol. The molecule has 0 aliphatic carbocycles. The van der Waals surface area contributed by atoms with Crippen molar-refractivity contribution in [3.05, 3.63) is 29.2 Å². The van der Waals surface area contributed by atoms with E-state index in [0.29, 0.717) is 0 Å². The van der Waals surface area contributed by atoms with Gasteiger partial charge in [-0.1, -0.05) is 59.3 Å². The van der Waals surface area contributed by atoms with Crippen LogP contribution in [0.1, 0.15) is 0 Å². The molecule has 5 heterocycles. The molecule has 0 saturated heterocycles. The zero-order valence-corrected chi connectivity index (χ0v) is 20.8. The van der Waals surface area contributed by atoms with Gasteiger partial charge in [-0.05, 0) is 0 Å². The molecule has 5 rings (SSSR count). The van der Waals surface area contributed by atoms with Crippen molar-refractivity contribution in [1.29, 1.82) is 0 Å². The van der Waals surface area contributed by atoms with Gasteiger partial charge >= 0.3 is 0 Å². The Morgan fingerprint density at radius 1 is 0.542 bits per heavy atom. The number of rotatable bonds is 0. The second-order valence-corrected chi connectivity index (χ2v) is 17.7. The first-order valence-corrected chi connectivity index (χ1v) is 16.1. The highest BCUT2D eigenvalue weighted by Crippen LogP contribution is 2.61. The van der Waals surface area contributed by atoms with E-state index < -0.39 is 0 Å². The third-order valence-corrected chi connectivity index (χ3v) is 18.4. The summed E-state index contributed by atoms with van der Waals surface area (Å²) in [4.78, 5) is 0. The van der Waals surface area contributed by atoms with E-state index in [9.17, 15) is 0 Å². The number of hydrogen-bond acceptors (Lipinski definition) is 11. The lowest BCUT2D eigenvalue weighted by Crippen LogP contribution is -1.96. The summed E-state index contributed by atoms with van der Waals surface area (Å²) >= 11 is 25.3. The maximum absolute atomic E-state index is 5.73. The van der Waals surface area contributed by atoms with E-state index >= 15 is 0 Å². The van der Waals surface area contributed by atoms with Crippen molar-refractivity contribution < 1.29 is 0 Å². The highest BCUT2D eigenvalue weighted by molar-refractivity contribution is 8.47. The Labute approximate surface area is 187 Å². The second-order valence-electron chi connectivity index (χ2n) is 4.64. The van der Waals surface area contributed by atoms with E-state index in [0.717, 1.165) is 3.82 Å². The SMILES string of the molecule is S=c1sc(=C2SC3=C(SCCS3)S2)sc1=C1SC2=C(SCCS2)S1. The van der Waals surface area contributed by atoms with Gasteiger partial charge in [0.15, 0.2) is 0 Å². The number of thioether (sulfide) groups is 8. The molecule has 126 valence electrons. The lowest BCUT2D eigenvalue weighted by molar-refractivity contribution is 1.56. The fraction of sp³-hybridized carbons (Fsp3) is 0.308. The van der Waals surface area contributed by atoms with E-state index in [2.05, 4.69) is 0 Å². The molecule has 0 amide bonds. The van der Waals surface area contributed by atoms with E-state index in [-0.39, 0.29) is 0 Å². The Bertz CT molecular complexity index is 903. The molecule has 0 unspecified atom stereocenters. The van der Waals surface area contributed by atoms with Gasteiger partial charge in [-0.15, -0.1) is 69.7 Å². The van der Waals surface area contributed by atoms with Crippen LogP contribution in [0.5, 0.6) is 0 Å². The minimum Gasteiger partial charge on any atom is -0.119 e. The third-order valence-electron chi connectivity index (χ3n) is 3.09. The average molecular weight is 517 g/mol. The normalized spacial score (nSPS) is 24.0. The molecule has 0 saturated carbocycles. The lowest BCUT2D eigenvalue weighted by Gasteiger charge is -2.08. The van der Waals surface area contributed by atoms with E-state index in [1.165, 1.54) is 56.8 Å². The standard InChI is InChI=1S/C13H8S11/c14-6-5(7-21-8-9(22-7)16-2-1-15-8)19-12(20-6)13-23-10-11(24-13)18-4-3-17-10/h1-4H2. The maximum atomic E-state index is 5.73. The van der Waals surface area contributed by atoms with E-state index in [1.54, 1.807) is 0 Å². The summed E-state index contributed by atoms with van der Waals surface area (Å²) < 4.78 is 12.7. The van der Waals surface area contributed by atoms with Crippen LogP contribution in [-0.4, -0.2) is 23.0 Å². The first-order chi connectivity index (χ1) is 11.8. The van der Waals surface area contributed by atoms with Crippen LogP contribution in [0.15, 0.2) is 16.9 Å². The first kappa shape index (κ1) is 18.3. The van der Waals surface area contributed by atoms with Gasteiger partial charge in [0, 0.05) is 23.0 Å². The molecule has 0 aromatic carbocycles. The van der Waals surface area contributed by atoms with Crippen LogP contribution in [0.2, 0.25) is 0 Å². The molecule has 0 bridgehead atoms. The summed E-state index contributed by atoms with van der Waals surface area (Å²) in [7, 11) is 0. The van der Waals surface area contributed by atoms with Gasteiger partial charge < -0.3 is 0 Å². The van der Waals surface area contributed by atoms with Gasteiger partial charge in [0.2, 0.25) is 0 Å². The van der Waals surface area contributed by atoms with Crippen LogP contribution < -0.4 is 8.38 Å². The van der Waals surface area contributed by atoms with E-state index in [4.69, 9.17) is 12.2 Å². The monoisotopic (exact) mass is 516 g/mol. The molecular weight excluding hydrogens is 509 g/mol. The molecule has 0 atom stereocenters. The van der Waals surface area contributed by atoms with Gasteiger partial charge in [0.05, 0.1) is 30.0 Å². The molecule has 0 fully saturated rings. The summed E-state index contributed by atoms with van der Waals surface area (Å²) in [6, 6.07) is 0. The lowest BCUT2D eigenvalue weighted by atomic mass is 10.9. The largest absolute Gasteiger partial charge is 0.119 e. The van der Waals surface area contributed by atoms with Crippen molar-refractivity contribution in [2.24, 2.45) is 0 Å². The minimum atomic E-state index is 1.07. The van der Waals surface area contributed by atoms with Crippen LogP contribution >= 0.6 is 129 Å². The zero-order chi connectivity index (χ0) is 16.1. The molecule has 0 nitrogen and oxygen atoms in total. The van der Waals surface area contributed by atoms with Crippen LogP contribution in [0.3, 0.4) is 0 Å². The molecular formula is C13H8S11. The van der Waals surface area contributed by atoms with Crippen molar-refractivity contribution in [3.8, 4) is 0 Å². The summed E-state index contributed by atoms with van der Waals surface area (Å²) in [6.45, 7) is 0. The maximum Gasteiger partial charge on any atom is 0.110 e. The molecule has 4 aliphatic heterocycles. The Kier molecular flexibility index (Phi) is 6.08. The quantitative estimate of drug-likeness (QED) is 0.337. The van der Waals surface area contributed by atoms with Gasteiger partial charge in [-0.2, -0.15) is 0 Å². The zero-order valence-electron chi connectivity index (χ0n) is 11.8. The molecule has 1 aromatic heterocycles. The van der Waals surface area contributed by atoms with Crippen molar-refractivity contribution in [3.63, 3.8) is 0 Å². The molecule has 11 heteroatoms. The van der Waals surface area contributed by atoms with Crippen LogP contribution in [0, 0.1) is 3.82 Å². The van der Waals surface area contributed by atoms with Crippen LogP contribution in [-0.2, 0) is 0 Å². The Morgan fingerprint density at radius 3 is 1.50 bits per heavy atom. The topological polar surface area (TPSA) is 0 Å². The molecule has 0 N–H and O–H groups in total. The molecule has 0 spiro atoms. The van der Waals surface area contributed by atoms with Gasteiger partial charge in [0.25, 0.3) is 0 Å². The highest BCUT2D eigenvalue weighted by Gasteiger charge is 2.28. The van der Waals surface area contributed by atoms with Gasteiger partial charge in [-0.25, -0.2) is 0 Å². The minimum absolute atomic E-state index is 1.07. The van der Waals surface area contributed by atoms with Crippen molar-refractivity contribution in [1.82, 2.24) is 0 Å². The average Bonchev–Trinajstić information content (AvgIpc) is 3.29. The van der Waals surface area contributed by atoms with Crippen molar-refractivity contribution in [2.45, 2.75) is 0 Å². The fourth-order valence-corrected chi connectivity index (χ4v) is 17.7.